The maximum Gasteiger partial charge on any atom is 0.357 e. The highest BCUT2D eigenvalue weighted by molar-refractivity contribution is 6.30. The molecule has 0 saturated heterocycles. The van der Waals surface area contributed by atoms with Crippen molar-refractivity contribution < 1.29 is 22.7 Å². The molecule has 0 aliphatic rings. The van der Waals surface area contributed by atoms with Gasteiger partial charge >= 0.3 is 5.97 Å². The third-order valence-electron chi connectivity index (χ3n) is 1.70. The summed E-state index contributed by atoms with van der Waals surface area (Å²) in [5.41, 5.74) is -1.88. The SMILES string of the molecule is CCOC(=O)c1ncc(Cl)c(F)c1C(F)F. The lowest BCUT2D eigenvalue weighted by Gasteiger charge is -2.08. The van der Waals surface area contributed by atoms with Crippen molar-refractivity contribution in [2.24, 2.45) is 0 Å². The Balaban J connectivity index is 3.28. The molecule has 1 rings (SSSR count). The lowest BCUT2D eigenvalue weighted by Crippen LogP contribution is -2.12. The molecule has 0 spiro atoms. The molecule has 0 saturated carbocycles. The highest BCUT2D eigenvalue weighted by Crippen LogP contribution is 2.29. The van der Waals surface area contributed by atoms with Crippen LogP contribution in [0.3, 0.4) is 0 Å². The fourth-order valence-corrected chi connectivity index (χ4v) is 1.19. The van der Waals surface area contributed by atoms with Crippen LogP contribution < -0.4 is 0 Å². The van der Waals surface area contributed by atoms with Gasteiger partial charge in [0, 0.05) is 6.20 Å². The Morgan fingerprint density at radius 3 is 2.75 bits per heavy atom. The van der Waals surface area contributed by atoms with E-state index in [9.17, 15) is 18.0 Å². The first-order chi connectivity index (χ1) is 7.49. The van der Waals surface area contributed by atoms with Gasteiger partial charge < -0.3 is 4.74 Å². The number of ether oxygens (including phenoxy) is 1. The second-order valence-corrected chi connectivity index (χ2v) is 3.11. The van der Waals surface area contributed by atoms with Crippen LogP contribution in [0.2, 0.25) is 5.02 Å². The molecule has 1 aromatic heterocycles. The molecule has 1 aromatic rings. The van der Waals surface area contributed by atoms with Crippen molar-refractivity contribution in [3.8, 4) is 0 Å². The molecule has 1 heterocycles. The van der Waals surface area contributed by atoms with Crippen LogP contribution in [-0.4, -0.2) is 17.6 Å². The lowest BCUT2D eigenvalue weighted by molar-refractivity contribution is 0.0505. The lowest BCUT2D eigenvalue weighted by atomic mass is 10.2. The summed E-state index contributed by atoms with van der Waals surface area (Å²) in [7, 11) is 0. The van der Waals surface area contributed by atoms with Gasteiger partial charge in [0.25, 0.3) is 6.43 Å². The summed E-state index contributed by atoms with van der Waals surface area (Å²) < 4.78 is 42.8. The first-order valence-electron chi connectivity index (χ1n) is 4.28. The minimum absolute atomic E-state index is 0.0204. The van der Waals surface area contributed by atoms with Gasteiger partial charge in [-0.25, -0.2) is 22.9 Å². The Kier molecular flexibility index (Phi) is 4.12. The zero-order valence-electron chi connectivity index (χ0n) is 8.14. The van der Waals surface area contributed by atoms with Crippen molar-refractivity contribution in [1.29, 1.82) is 0 Å². The maximum absolute atomic E-state index is 13.3. The summed E-state index contributed by atoms with van der Waals surface area (Å²) in [6.45, 7) is 1.47. The fourth-order valence-electron chi connectivity index (χ4n) is 1.04. The number of carbonyl (C=O) groups excluding carboxylic acids is 1. The molecule has 0 radical (unpaired) electrons. The molecule has 0 aromatic carbocycles. The van der Waals surface area contributed by atoms with E-state index in [4.69, 9.17) is 11.6 Å². The number of hydrogen-bond acceptors (Lipinski definition) is 3. The molecule has 0 fully saturated rings. The van der Waals surface area contributed by atoms with E-state index in [-0.39, 0.29) is 6.61 Å². The summed E-state index contributed by atoms with van der Waals surface area (Å²) in [4.78, 5) is 14.6. The van der Waals surface area contributed by atoms with Crippen molar-refractivity contribution in [3.63, 3.8) is 0 Å². The van der Waals surface area contributed by atoms with Gasteiger partial charge in [-0.3, -0.25) is 0 Å². The highest BCUT2D eigenvalue weighted by atomic mass is 35.5. The van der Waals surface area contributed by atoms with Gasteiger partial charge in [-0.15, -0.1) is 0 Å². The molecule has 3 nitrogen and oxygen atoms in total. The van der Waals surface area contributed by atoms with Gasteiger partial charge in [0.05, 0.1) is 17.2 Å². The largest absolute Gasteiger partial charge is 0.461 e. The molecular weight excluding hydrogens is 247 g/mol. The van der Waals surface area contributed by atoms with Crippen LogP contribution in [0.25, 0.3) is 0 Å². The molecule has 16 heavy (non-hydrogen) atoms. The third kappa shape index (κ3) is 2.44. The normalized spacial score (nSPS) is 10.6. The predicted octanol–water partition coefficient (Wildman–Crippen LogP) is 2.99. The molecule has 0 atom stereocenters. The van der Waals surface area contributed by atoms with Crippen molar-refractivity contribution >= 4 is 17.6 Å². The van der Waals surface area contributed by atoms with E-state index in [1.807, 2.05) is 0 Å². The number of hydrogen-bond donors (Lipinski definition) is 0. The number of carbonyl (C=O) groups is 1. The van der Waals surface area contributed by atoms with E-state index in [1.54, 1.807) is 0 Å². The predicted molar refractivity (Wildman–Crippen MR) is 50.1 cm³/mol. The molecule has 0 amide bonds. The van der Waals surface area contributed by atoms with Gasteiger partial charge in [-0.1, -0.05) is 11.6 Å². The van der Waals surface area contributed by atoms with Gasteiger partial charge in [-0.2, -0.15) is 0 Å². The van der Waals surface area contributed by atoms with Crippen LogP contribution in [0.15, 0.2) is 6.20 Å². The van der Waals surface area contributed by atoms with Crippen molar-refractivity contribution in [2.75, 3.05) is 6.61 Å². The minimum Gasteiger partial charge on any atom is -0.461 e. The van der Waals surface area contributed by atoms with Crippen LogP contribution in [0.4, 0.5) is 13.2 Å². The van der Waals surface area contributed by atoms with Gasteiger partial charge in [0.1, 0.15) is 0 Å². The highest BCUT2D eigenvalue weighted by Gasteiger charge is 2.26. The third-order valence-corrected chi connectivity index (χ3v) is 1.96. The Labute approximate surface area is 94.2 Å². The molecule has 0 N–H and O–H groups in total. The average Bonchev–Trinajstić information content (AvgIpc) is 2.21. The molecule has 7 heteroatoms. The number of pyridine rings is 1. The Morgan fingerprint density at radius 1 is 1.62 bits per heavy atom. The monoisotopic (exact) mass is 253 g/mol. The average molecular weight is 254 g/mol. The number of esters is 1. The summed E-state index contributed by atoms with van der Waals surface area (Å²) in [5.74, 6) is -2.46. The van der Waals surface area contributed by atoms with E-state index in [0.717, 1.165) is 6.20 Å². The molecule has 0 aliphatic carbocycles. The topological polar surface area (TPSA) is 39.2 Å². The van der Waals surface area contributed by atoms with Crippen LogP contribution in [-0.2, 0) is 4.74 Å². The van der Waals surface area contributed by atoms with Crippen LogP contribution >= 0.6 is 11.6 Å². The van der Waals surface area contributed by atoms with E-state index in [0.29, 0.717) is 0 Å². The van der Waals surface area contributed by atoms with Gasteiger partial charge in [0.2, 0.25) is 0 Å². The summed E-state index contributed by atoms with van der Waals surface area (Å²) in [6, 6.07) is 0. The number of alkyl halides is 2. The standard InChI is InChI=1S/C9H7ClF3NO2/c1-2-16-9(15)7-5(8(12)13)6(11)4(10)3-14-7/h3,8H,2H2,1H3. The van der Waals surface area contributed by atoms with Gasteiger partial charge in [-0.05, 0) is 6.92 Å². The first kappa shape index (κ1) is 12.8. The van der Waals surface area contributed by atoms with Gasteiger partial charge in [0.15, 0.2) is 11.5 Å². The molecule has 0 aliphatic heterocycles. The zero-order chi connectivity index (χ0) is 12.3. The Bertz CT molecular complexity index is 412. The molecular formula is C9H7ClF3NO2. The number of rotatable bonds is 3. The number of nitrogens with zero attached hydrogens (tertiary/aromatic N) is 1. The summed E-state index contributed by atoms with van der Waals surface area (Å²) >= 11 is 5.29. The Hall–Kier alpha value is -1.30. The fraction of sp³-hybridized carbons (Fsp3) is 0.333. The zero-order valence-corrected chi connectivity index (χ0v) is 8.89. The maximum atomic E-state index is 13.3. The number of halogens is 4. The summed E-state index contributed by atoms with van der Waals surface area (Å²) in [5, 5.41) is -0.566. The minimum atomic E-state index is -3.19. The molecule has 88 valence electrons. The van der Waals surface area contributed by atoms with E-state index in [2.05, 4.69) is 9.72 Å². The summed E-state index contributed by atoms with van der Waals surface area (Å²) in [6.07, 6.45) is -2.40. The number of aromatic nitrogens is 1. The van der Waals surface area contributed by atoms with Crippen molar-refractivity contribution in [1.82, 2.24) is 4.98 Å². The second-order valence-electron chi connectivity index (χ2n) is 2.70. The van der Waals surface area contributed by atoms with Crippen LogP contribution in [0.5, 0.6) is 0 Å². The van der Waals surface area contributed by atoms with Crippen molar-refractivity contribution in [2.45, 2.75) is 13.3 Å². The van der Waals surface area contributed by atoms with Crippen molar-refractivity contribution in [3.05, 3.63) is 28.3 Å². The molecule has 0 bridgehead atoms. The van der Waals surface area contributed by atoms with E-state index < -0.39 is 34.5 Å². The molecule has 0 unspecified atom stereocenters. The Morgan fingerprint density at radius 2 is 2.25 bits per heavy atom. The quantitative estimate of drug-likeness (QED) is 0.778. The second kappa shape index (κ2) is 5.16. The first-order valence-corrected chi connectivity index (χ1v) is 4.66. The van der Waals surface area contributed by atoms with Crippen LogP contribution in [0, 0.1) is 5.82 Å². The van der Waals surface area contributed by atoms with Crippen LogP contribution in [0.1, 0.15) is 29.4 Å². The van der Waals surface area contributed by atoms with E-state index in [1.165, 1.54) is 6.92 Å². The van der Waals surface area contributed by atoms with E-state index >= 15 is 0 Å². The smallest absolute Gasteiger partial charge is 0.357 e.